The van der Waals surface area contributed by atoms with Crippen LogP contribution in [0.1, 0.15) is 34.6 Å². The van der Waals surface area contributed by atoms with E-state index in [-0.39, 0.29) is 22.6 Å². The number of hydrogen-bond acceptors (Lipinski definition) is 12. The largest absolute Gasteiger partial charge is 0.439 e. The Labute approximate surface area is 369 Å². The Balaban J connectivity index is 0.000000159. The van der Waals surface area contributed by atoms with E-state index in [4.69, 9.17) is 28.0 Å². The first-order valence-electron chi connectivity index (χ1n) is 19.7. The summed E-state index contributed by atoms with van der Waals surface area (Å²) in [6.45, 7) is 5.91. The quantitative estimate of drug-likeness (QED) is 0.0885. The molecule has 7 aromatic rings. The molecule has 0 aromatic heterocycles. The van der Waals surface area contributed by atoms with Crippen molar-refractivity contribution in [2.75, 3.05) is 13.3 Å². The number of fused-ring (bicyclic) bond motifs is 6. The summed E-state index contributed by atoms with van der Waals surface area (Å²) in [5, 5.41) is 1.63. The summed E-state index contributed by atoms with van der Waals surface area (Å²) in [6, 6.07) is 48.6. The summed E-state index contributed by atoms with van der Waals surface area (Å²) in [4.78, 5) is 46.5. The molecule has 2 unspecified atom stereocenters. The zero-order chi connectivity index (χ0) is 45.4. The van der Waals surface area contributed by atoms with Crippen LogP contribution in [0.2, 0.25) is 0 Å². The van der Waals surface area contributed by atoms with Crippen molar-refractivity contribution >= 4 is 49.2 Å². The first-order chi connectivity index (χ1) is 30.7. The van der Waals surface area contributed by atoms with E-state index in [1.54, 1.807) is 13.3 Å². The van der Waals surface area contributed by atoms with Crippen LogP contribution in [0.4, 0.5) is 0 Å². The van der Waals surface area contributed by atoms with Gasteiger partial charge in [0.2, 0.25) is 0 Å². The molecular weight excluding hydrogens is 854 g/mol. The zero-order valence-electron chi connectivity index (χ0n) is 35.0. The van der Waals surface area contributed by atoms with E-state index < -0.39 is 38.6 Å². The molecule has 322 valence electrons. The molecular formula is C50H40O12P2. The predicted octanol–water partition coefficient (Wildman–Crippen LogP) is 10.5. The molecule has 0 aliphatic carbocycles. The number of hydrogen-bond donors (Lipinski definition) is 0. The lowest BCUT2D eigenvalue weighted by Crippen LogP contribution is -2.16. The SMILES string of the molecule is CC(=O)Oc1ccc(OC(=O)c2ccc(C(=O)Oc3ccc(OC(C)=O)cc3)cc2)cc1.CP1(=O)Oc2ccccc2-c2ccccc21.CP1(=O)Oc2ccccc2-c2ccccc21. The molecule has 0 bridgehead atoms. The van der Waals surface area contributed by atoms with Crippen molar-refractivity contribution in [3.8, 4) is 56.8 Å². The van der Waals surface area contributed by atoms with Gasteiger partial charge in [-0.3, -0.25) is 18.7 Å². The Morgan fingerprint density at radius 3 is 0.984 bits per heavy atom. The number of carbonyl (C=O) groups excluding carboxylic acids is 4. The topological polar surface area (TPSA) is 158 Å². The molecule has 0 spiro atoms. The summed E-state index contributed by atoms with van der Waals surface area (Å²) in [6.07, 6.45) is 0. The Morgan fingerprint density at radius 1 is 0.375 bits per heavy atom. The summed E-state index contributed by atoms with van der Waals surface area (Å²) in [7, 11) is -5.42. The van der Waals surface area contributed by atoms with E-state index in [1.165, 1.54) is 86.6 Å². The maximum Gasteiger partial charge on any atom is 0.343 e. The van der Waals surface area contributed by atoms with E-state index in [0.717, 1.165) is 32.9 Å². The molecule has 0 saturated heterocycles. The smallest absolute Gasteiger partial charge is 0.343 e. The number of benzene rings is 7. The van der Waals surface area contributed by atoms with Crippen molar-refractivity contribution < 1.29 is 56.3 Å². The lowest BCUT2D eigenvalue weighted by atomic mass is 10.0. The van der Waals surface area contributed by atoms with E-state index in [1.807, 2.05) is 97.1 Å². The van der Waals surface area contributed by atoms with Gasteiger partial charge in [0.25, 0.3) is 14.7 Å². The fourth-order valence-corrected chi connectivity index (χ4v) is 9.92. The molecule has 7 aromatic carbocycles. The number of ether oxygens (including phenoxy) is 4. The fourth-order valence-electron chi connectivity index (χ4n) is 6.68. The molecule has 9 rings (SSSR count). The van der Waals surface area contributed by atoms with Crippen LogP contribution in [-0.4, -0.2) is 37.2 Å². The number of carbonyl (C=O) groups is 4. The monoisotopic (exact) mass is 894 g/mol. The van der Waals surface area contributed by atoms with E-state index in [9.17, 15) is 28.3 Å². The highest BCUT2D eigenvalue weighted by atomic mass is 31.2. The molecule has 0 saturated carbocycles. The Hall–Kier alpha value is -7.52. The average Bonchev–Trinajstić information content (AvgIpc) is 3.28. The third-order valence-corrected chi connectivity index (χ3v) is 13.2. The zero-order valence-corrected chi connectivity index (χ0v) is 36.7. The van der Waals surface area contributed by atoms with Gasteiger partial charge in [-0.15, -0.1) is 0 Å². The minimum atomic E-state index is -2.71. The van der Waals surface area contributed by atoms with Gasteiger partial charge in [0.15, 0.2) is 0 Å². The van der Waals surface area contributed by atoms with Crippen LogP contribution in [0, 0.1) is 0 Å². The molecule has 2 atom stereocenters. The molecule has 0 N–H and O–H groups in total. The summed E-state index contributed by atoms with van der Waals surface area (Å²) < 4.78 is 56.4. The molecule has 0 amide bonds. The van der Waals surface area contributed by atoms with Crippen molar-refractivity contribution in [1.29, 1.82) is 0 Å². The molecule has 2 aliphatic rings. The predicted molar refractivity (Wildman–Crippen MR) is 243 cm³/mol. The van der Waals surface area contributed by atoms with Gasteiger partial charge < -0.3 is 28.0 Å². The van der Waals surface area contributed by atoms with E-state index in [2.05, 4.69) is 0 Å². The van der Waals surface area contributed by atoms with Crippen LogP contribution in [0.25, 0.3) is 22.3 Å². The summed E-state index contributed by atoms with van der Waals surface area (Å²) in [5.74, 6) is 0.497. The van der Waals surface area contributed by atoms with Crippen molar-refractivity contribution in [3.05, 3.63) is 181 Å². The van der Waals surface area contributed by atoms with Crippen LogP contribution in [0.15, 0.2) is 170 Å². The standard InChI is InChI=1S/C24H18O8.2C13H11O2P/c1-15(25)29-19-7-11-21(12-8-19)31-23(27)17-3-5-18(6-4-17)24(28)32-22-13-9-20(10-14-22)30-16(2)26;2*1-16(14)13-9-5-3-7-11(13)10-6-2-4-8-12(10)15-16/h3-14H,1-2H3;2*2-9H,1H3. The normalized spacial score (nSPS) is 15.9. The third-order valence-electron chi connectivity index (χ3n) is 9.53. The van der Waals surface area contributed by atoms with Crippen LogP contribution in [0.5, 0.6) is 34.5 Å². The van der Waals surface area contributed by atoms with Gasteiger partial charge in [-0.25, -0.2) is 9.59 Å². The van der Waals surface area contributed by atoms with E-state index in [0.29, 0.717) is 23.0 Å². The van der Waals surface area contributed by atoms with Gasteiger partial charge in [0.05, 0.1) is 21.7 Å². The molecule has 0 fully saturated rings. The Morgan fingerprint density at radius 2 is 0.656 bits per heavy atom. The molecule has 2 heterocycles. The first kappa shape index (κ1) is 44.5. The lowest BCUT2D eigenvalue weighted by Gasteiger charge is -2.25. The molecule has 2 aliphatic heterocycles. The van der Waals surface area contributed by atoms with Crippen molar-refractivity contribution in [1.82, 2.24) is 0 Å². The van der Waals surface area contributed by atoms with Crippen LogP contribution in [-0.2, 0) is 18.7 Å². The van der Waals surface area contributed by atoms with Crippen molar-refractivity contribution in [3.63, 3.8) is 0 Å². The van der Waals surface area contributed by atoms with Crippen LogP contribution in [0.3, 0.4) is 0 Å². The Bertz CT molecular complexity index is 2760. The second kappa shape index (κ2) is 19.3. The van der Waals surface area contributed by atoms with Crippen LogP contribution < -0.4 is 38.6 Å². The maximum atomic E-state index is 12.4. The van der Waals surface area contributed by atoms with Gasteiger partial charge in [0, 0.05) is 38.3 Å². The highest BCUT2D eigenvalue weighted by Crippen LogP contribution is 2.52. The number of rotatable bonds is 6. The molecule has 12 nitrogen and oxygen atoms in total. The third kappa shape index (κ3) is 10.7. The summed E-state index contributed by atoms with van der Waals surface area (Å²) >= 11 is 0. The van der Waals surface area contributed by atoms with Gasteiger partial charge in [-0.1, -0.05) is 72.8 Å². The highest BCUT2D eigenvalue weighted by molar-refractivity contribution is 7.67. The number of esters is 4. The second-order valence-corrected chi connectivity index (χ2v) is 19.1. The van der Waals surface area contributed by atoms with E-state index >= 15 is 0 Å². The first-order valence-corrected chi connectivity index (χ1v) is 23.8. The van der Waals surface area contributed by atoms with Gasteiger partial charge >= 0.3 is 23.9 Å². The minimum absolute atomic E-state index is 0.233. The van der Waals surface area contributed by atoms with Gasteiger partial charge in [-0.05, 0) is 108 Å². The second-order valence-electron chi connectivity index (χ2n) is 14.4. The number of para-hydroxylation sites is 2. The Kier molecular flexibility index (Phi) is 13.4. The highest BCUT2D eigenvalue weighted by Gasteiger charge is 2.32. The van der Waals surface area contributed by atoms with Crippen molar-refractivity contribution in [2.24, 2.45) is 0 Å². The average molecular weight is 895 g/mol. The minimum Gasteiger partial charge on any atom is -0.439 e. The van der Waals surface area contributed by atoms with Gasteiger partial charge in [0.1, 0.15) is 34.5 Å². The molecule has 0 radical (unpaired) electrons. The maximum absolute atomic E-state index is 12.4. The molecule has 64 heavy (non-hydrogen) atoms. The van der Waals surface area contributed by atoms with Crippen molar-refractivity contribution in [2.45, 2.75) is 13.8 Å². The fraction of sp³-hybridized carbons (Fsp3) is 0.0800. The van der Waals surface area contributed by atoms with Gasteiger partial charge in [-0.2, -0.15) is 0 Å². The van der Waals surface area contributed by atoms with Crippen LogP contribution >= 0.6 is 14.7 Å². The lowest BCUT2D eigenvalue weighted by molar-refractivity contribution is -0.132. The summed E-state index contributed by atoms with van der Waals surface area (Å²) in [5.41, 5.74) is 4.55. The molecule has 14 heteroatoms.